The summed E-state index contributed by atoms with van der Waals surface area (Å²) in [6.07, 6.45) is -4.04. The number of likely N-dealkylation sites (tertiary alicyclic amines) is 1. The lowest BCUT2D eigenvalue weighted by atomic mass is 10.0. The van der Waals surface area contributed by atoms with Gasteiger partial charge in [-0.3, -0.25) is 0 Å². The molecule has 0 aromatic rings. The lowest BCUT2D eigenvalue weighted by Crippen LogP contribution is -2.53. The predicted octanol–water partition coefficient (Wildman–Crippen LogP) is 2.17. The van der Waals surface area contributed by atoms with Gasteiger partial charge in [0, 0.05) is 12.6 Å². The summed E-state index contributed by atoms with van der Waals surface area (Å²) in [6, 6.07) is -2.58. The molecule has 1 rings (SSSR count). The van der Waals surface area contributed by atoms with Gasteiger partial charge in [-0.25, -0.2) is 9.59 Å². The molecule has 20 heavy (non-hydrogen) atoms. The van der Waals surface area contributed by atoms with E-state index in [-0.39, 0.29) is 12.5 Å². The normalized spacial score (nSPS) is 23.2. The molecule has 2 amide bonds. The average molecular weight is 296 g/mol. The minimum atomic E-state index is -4.51. The number of hydrogen-bond acceptors (Lipinski definition) is 2. The number of halogens is 3. The van der Waals surface area contributed by atoms with Crippen LogP contribution in [0.25, 0.3) is 0 Å². The number of amides is 2. The molecule has 1 fully saturated rings. The first kappa shape index (κ1) is 16.6. The van der Waals surface area contributed by atoms with Gasteiger partial charge in [0.05, 0.1) is 0 Å². The van der Waals surface area contributed by atoms with E-state index >= 15 is 0 Å². The van der Waals surface area contributed by atoms with E-state index in [4.69, 9.17) is 5.11 Å². The van der Waals surface area contributed by atoms with Crippen molar-refractivity contribution in [3.63, 3.8) is 0 Å². The Balaban J connectivity index is 2.92. The molecule has 1 aliphatic heterocycles. The Labute approximate surface area is 115 Å². The third-order valence-corrected chi connectivity index (χ3v) is 3.42. The monoisotopic (exact) mass is 296 g/mol. The summed E-state index contributed by atoms with van der Waals surface area (Å²) in [4.78, 5) is 25.1. The maximum absolute atomic E-state index is 12.5. The molecule has 1 saturated heterocycles. The molecule has 0 aliphatic carbocycles. The number of carboxylic acid groups (broad SMARTS) is 1. The Morgan fingerprint density at radius 2 is 1.95 bits per heavy atom. The van der Waals surface area contributed by atoms with Gasteiger partial charge in [0.15, 0.2) is 0 Å². The molecule has 0 aromatic heterocycles. The molecule has 116 valence electrons. The molecule has 1 N–H and O–H groups in total. The van der Waals surface area contributed by atoms with Gasteiger partial charge in [0.25, 0.3) is 0 Å². The molecule has 8 heteroatoms. The number of aliphatic carboxylic acids is 1. The van der Waals surface area contributed by atoms with Gasteiger partial charge in [-0.2, -0.15) is 13.2 Å². The summed E-state index contributed by atoms with van der Waals surface area (Å²) >= 11 is 0. The van der Waals surface area contributed by atoms with Gasteiger partial charge in [-0.1, -0.05) is 6.92 Å². The highest BCUT2D eigenvalue weighted by atomic mass is 19.4. The Bertz CT molecular complexity index is 385. The fourth-order valence-corrected chi connectivity index (χ4v) is 2.37. The molecule has 0 radical (unpaired) electrons. The summed E-state index contributed by atoms with van der Waals surface area (Å²) in [5.74, 6) is -1.45. The third-order valence-electron chi connectivity index (χ3n) is 3.42. The first-order chi connectivity index (χ1) is 9.04. The van der Waals surface area contributed by atoms with E-state index in [9.17, 15) is 22.8 Å². The highest BCUT2D eigenvalue weighted by Gasteiger charge is 2.43. The van der Waals surface area contributed by atoms with Crippen molar-refractivity contribution in [3.8, 4) is 0 Å². The Morgan fingerprint density at radius 1 is 1.40 bits per heavy atom. The maximum Gasteiger partial charge on any atom is 0.406 e. The van der Waals surface area contributed by atoms with E-state index in [0.717, 1.165) is 4.90 Å². The van der Waals surface area contributed by atoms with Gasteiger partial charge < -0.3 is 14.9 Å². The molecule has 0 saturated carbocycles. The minimum Gasteiger partial charge on any atom is -0.480 e. The SMILES string of the molecule is CC1CCN(C(=O)N(CC(F)(F)F)C(C)C)C1C(=O)O. The number of nitrogens with zero attached hydrogens (tertiary/aromatic N) is 2. The second-order valence-corrected chi connectivity index (χ2v) is 5.36. The number of carbonyl (C=O) groups is 2. The third kappa shape index (κ3) is 3.77. The second kappa shape index (κ2) is 5.88. The molecule has 5 nitrogen and oxygen atoms in total. The van der Waals surface area contributed by atoms with Crippen molar-refractivity contribution in [1.29, 1.82) is 0 Å². The Kier molecular flexibility index (Phi) is 4.88. The minimum absolute atomic E-state index is 0.165. The summed E-state index contributed by atoms with van der Waals surface area (Å²) in [5.41, 5.74) is 0. The van der Waals surface area contributed by atoms with Gasteiger partial charge in [-0.05, 0) is 26.2 Å². The quantitative estimate of drug-likeness (QED) is 0.868. The molecule has 0 aromatic carbocycles. The van der Waals surface area contributed by atoms with Gasteiger partial charge in [-0.15, -0.1) is 0 Å². The number of hydrogen-bond donors (Lipinski definition) is 1. The van der Waals surface area contributed by atoms with Crippen LogP contribution in [0.1, 0.15) is 27.2 Å². The lowest BCUT2D eigenvalue weighted by molar-refractivity contribution is -0.146. The standard InChI is InChI=1S/C12H19F3N2O3/c1-7(2)17(6-12(13,14)15)11(20)16-5-4-8(3)9(16)10(18)19/h7-9H,4-6H2,1-3H3,(H,18,19). The second-order valence-electron chi connectivity index (χ2n) is 5.36. The average Bonchev–Trinajstić information content (AvgIpc) is 2.65. The van der Waals surface area contributed by atoms with Crippen LogP contribution in [-0.2, 0) is 4.79 Å². The Hall–Kier alpha value is -1.47. The summed E-state index contributed by atoms with van der Waals surface area (Å²) in [5, 5.41) is 9.12. The highest BCUT2D eigenvalue weighted by molar-refractivity contribution is 5.83. The van der Waals surface area contributed by atoms with Crippen LogP contribution in [0.2, 0.25) is 0 Å². The lowest BCUT2D eigenvalue weighted by Gasteiger charge is -2.34. The molecular weight excluding hydrogens is 277 g/mol. The van der Waals surface area contributed by atoms with Gasteiger partial charge >= 0.3 is 18.2 Å². The highest BCUT2D eigenvalue weighted by Crippen LogP contribution is 2.27. The van der Waals surface area contributed by atoms with Crippen LogP contribution in [0.5, 0.6) is 0 Å². The van der Waals surface area contributed by atoms with Crippen molar-refractivity contribution in [2.75, 3.05) is 13.1 Å². The zero-order chi connectivity index (χ0) is 15.7. The van der Waals surface area contributed by atoms with E-state index in [2.05, 4.69) is 0 Å². The van der Waals surface area contributed by atoms with Crippen LogP contribution in [0.3, 0.4) is 0 Å². The maximum atomic E-state index is 12.5. The predicted molar refractivity (Wildman–Crippen MR) is 65.2 cm³/mol. The molecule has 1 heterocycles. The van der Waals surface area contributed by atoms with E-state index in [1.54, 1.807) is 6.92 Å². The van der Waals surface area contributed by atoms with Crippen LogP contribution >= 0.6 is 0 Å². The van der Waals surface area contributed by atoms with Crippen LogP contribution in [0.4, 0.5) is 18.0 Å². The molecule has 0 bridgehead atoms. The van der Waals surface area contributed by atoms with E-state index < -0.39 is 36.8 Å². The number of alkyl halides is 3. The molecule has 2 atom stereocenters. The van der Waals surface area contributed by atoms with E-state index in [1.807, 2.05) is 0 Å². The van der Waals surface area contributed by atoms with E-state index in [0.29, 0.717) is 11.3 Å². The fraction of sp³-hybridized carbons (Fsp3) is 0.833. The van der Waals surface area contributed by atoms with Crippen LogP contribution in [0.15, 0.2) is 0 Å². The number of carbonyl (C=O) groups excluding carboxylic acids is 1. The van der Waals surface area contributed by atoms with Crippen molar-refractivity contribution in [2.24, 2.45) is 5.92 Å². The largest absolute Gasteiger partial charge is 0.480 e. The summed E-state index contributed by atoms with van der Waals surface area (Å²) < 4.78 is 37.6. The zero-order valence-corrected chi connectivity index (χ0v) is 11.6. The molecular formula is C12H19F3N2O3. The smallest absolute Gasteiger partial charge is 0.406 e. The summed E-state index contributed by atoms with van der Waals surface area (Å²) in [7, 11) is 0. The first-order valence-corrected chi connectivity index (χ1v) is 6.41. The van der Waals surface area contributed by atoms with Gasteiger partial charge in [0.1, 0.15) is 12.6 Å². The van der Waals surface area contributed by atoms with Gasteiger partial charge in [0.2, 0.25) is 0 Å². The number of carboxylic acids is 1. The zero-order valence-electron chi connectivity index (χ0n) is 11.6. The Morgan fingerprint density at radius 3 is 2.35 bits per heavy atom. The van der Waals surface area contributed by atoms with E-state index in [1.165, 1.54) is 13.8 Å². The van der Waals surface area contributed by atoms with Crippen molar-refractivity contribution < 1.29 is 27.9 Å². The molecule has 0 spiro atoms. The first-order valence-electron chi connectivity index (χ1n) is 6.41. The number of urea groups is 1. The number of rotatable bonds is 3. The molecule has 2 unspecified atom stereocenters. The fourth-order valence-electron chi connectivity index (χ4n) is 2.37. The van der Waals surface area contributed by atoms with Crippen LogP contribution in [-0.4, -0.2) is 58.3 Å². The summed E-state index contributed by atoms with van der Waals surface area (Å²) in [6.45, 7) is 3.41. The van der Waals surface area contributed by atoms with Crippen LogP contribution < -0.4 is 0 Å². The van der Waals surface area contributed by atoms with Crippen molar-refractivity contribution >= 4 is 12.0 Å². The van der Waals surface area contributed by atoms with Crippen molar-refractivity contribution in [1.82, 2.24) is 9.80 Å². The molecule has 1 aliphatic rings. The van der Waals surface area contributed by atoms with Crippen molar-refractivity contribution in [3.05, 3.63) is 0 Å². The topological polar surface area (TPSA) is 60.9 Å². The van der Waals surface area contributed by atoms with Crippen LogP contribution in [0, 0.1) is 5.92 Å². The van der Waals surface area contributed by atoms with Crippen molar-refractivity contribution in [2.45, 2.75) is 45.5 Å².